The van der Waals surface area contributed by atoms with E-state index in [1.165, 1.54) is 4.90 Å². The lowest BCUT2D eigenvalue weighted by Gasteiger charge is -2.33. The van der Waals surface area contributed by atoms with Crippen molar-refractivity contribution in [3.8, 4) is 0 Å². The molecular weight excluding hydrogens is 240 g/mol. The maximum Gasteiger partial charge on any atom is 0.327 e. The molecule has 0 aliphatic carbocycles. The third kappa shape index (κ3) is 4.20. The standard InChI is InChI=1S/C11H20N2O3S/c1-3-12-8(2)6-10(14)13-4-5-17-7-9(13)11(15)16/h8-9,12H,3-7H2,1-2H3,(H,15,16). The van der Waals surface area contributed by atoms with Gasteiger partial charge < -0.3 is 15.3 Å². The summed E-state index contributed by atoms with van der Waals surface area (Å²) in [4.78, 5) is 24.6. The first-order valence-corrected chi connectivity index (χ1v) is 7.05. The molecule has 98 valence electrons. The topological polar surface area (TPSA) is 69.6 Å². The molecule has 1 aliphatic rings. The van der Waals surface area contributed by atoms with Gasteiger partial charge in [-0.15, -0.1) is 0 Å². The van der Waals surface area contributed by atoms with E-state index in [9.17, 15) is 9.59 Å². The molecule has 5 nitrogen and oxygen atoms in total. The molecular formula is C11H20N2O3S. The van der Waals surface area contributed by atoms with Crippen LogP contribution >= 0.6 is 11.8 Å². The first kappa shape index (κ1) is 14.3. The van der Waals surface area contributed by atoms with E-state index in [4.69, 9.17) is 5.11 Å². The van der Waals surface area contributed by atoms with Gasteiger partial charge >= 0.3 is 5.97 Å². The molecule has 0 bridgehead atoms. The van der Waals surface area contributed by atoms with Crippen molar-refractivity contribution in [3.63, 3.8) is 0 Å². The minimum absolute atomic E-state index is 0.0637. The van der Waals surface area contributed by atoms with Crippen molar-refractivity contribution in [2.75, 3.05) is 24.6 Å². The average molecular weight is 260 g/mol. The third-order valence-electron chi connectivity index (χ3n) is 2.77. The first-order chi connectivity index (χ1) is 8.06. The maximum atomic E-state index is 12.0. The summed E-state index contributed by atoms with van der Waals surface area (Å²) >= 11 is 1.59. The molecule has 0 aromatic carbocycles. The lowest BCUT2D eigenvalue weighted by atomic mass is 10.1. The number of rotatable bonds is 5. The van der Waals surface area contributed by atoms with E-state index in [-0.39, 0.29) is 11.9 Å². The van der Waals surface area contributed by atoms with Gasteiger partial charge in [0.1, 0.15) is 6.04 Å². The van der Waals surface area contributed by atoms with Crippen molar-refractivity contribution < 1.29 is 14.7 Å². The molecule has 17 heavy (non-hydrogen) atoms. The summed E-state index contributed by atoms with van der Waals surface area (Å²) in [5.74, 6) is 0.356. The van der Waals surface area contributed by atoms with Crippen LogP contribution in [0, 0.1) is 0 Å². The van der Waals surface area contributed by atoms with Crippen molar-refractivity contribution in [1.82, 2.24) is 10.2 Å². The van der Waals surface area contributed by atoms with Crippen molar-refractivity contribution >= 4 is 23.6 Å². The Balaban J connectivity index is 2.56. The molecule has 1 aliphatic heterocycles. The van der Waals surface area contributed by atoms with E-state index in [1.807, 2.05) is 13.8 Å². The van der Waals surface area contributed by atoms with Crippen molar-refractivity contribution in [2.45, 2.75) is 32.4 Å². The fourth-order valence-corrected chi connectivity index (χ4v) is 2.94. The molecule has 1 fully saturated rings. The SMILES string of the molecule is CCNC(C)CC(=O)N1CCSCC1C(=O)O. The summed E-state index contributed by atoms with van der Waals surface area (Å²) in [6.07, 6.45) is 0.363. The van der Waals surface area contributed by atoms with Crippen molar-refractivity contribution in [3.05, 3.63) is 0 Å². The van der Waals surface area contributed by atoms with Crippen molar-refractivity contribution in [2.24, 2.45) is 0 Å². The van der Waals surface area contributed by atoms with Gasteiger partial charge in [0.05, 0.1) is 0 Å². The molecule has 2 unspecified atom stereocenters. The highest BCUT2D eigenvalue weighted by molar-refractivity contribution is 7.99. The lowest BCUT2D eigenvalue weighted by Crippen LogP contribution is -2.51. The summed E-state index contributed by atoms with van der Waals surface area (Å²) in [5.41, 5.74) is 0. The molecule has 1 saturated heterocycles. The minimum Gasteiger partial charge on any atom is -0.480 e. The number of nitrogens with one attached hydrogen (secondary N) is 1. The van der Waals surface area contributed by atoms with Gasteiger partial charge in [-0.1, -0.05) is 6.92 Å². The Hall–Kier alpha value is -0.750. The second-order valence-electron chi connectivity index (χ2n) is 4.18. The number of aliphatic carboxylic acids is 1. The number of hydrogen-bond acceptors (Lipinski definition) is 4. The Bertz CT molecular complexity index is 286. The third-order valence-corrected chi connectivity index (χ3v) is 3.79. The Labute approximate surface area is 106 Å². The average Bonchev–Trinajstić information content (AvgIpc) is 2.29. The van der Waals surface area contributed by atoms with Gasteiger partial charge in [0.2, 0.25) is 5.91 Å². The molecule has 6 heteroatoms. The lowest BCUT2D eigenvalue weighted by molar-refractivity contribution is -0.149. The van der Waals surface area contributed by atoms with E-state index < -0.39 is 12.0 Å². The van der Waals surface area contributed by atoms with Gasteiger partial charge in [-0.25, -0.2) is 4.79 Å². The zero-order chi connectivity index (χ0) is 12.8. The molecule has 0 saturated carbocycles. The normalized spacial score (nSPS) is 22.2. The van der Waals surface area contributed by atoms with Gasteiger partial charge in [-0.3, -0.25) is 4.79 Å². The second-order valence-corrected chi connectivity index (χ2v) is 5.33. The highest BCUT2D eigenvalue weighted by atomic mass is 32.2. The number of carbonyl (C=O) groups excluding carboxylic acids is 1. The van der Waals surface area contributed by atoms with Crippen LogP contribution in [-0.4, -0.2) is 58.6 Å². The van der Waals surface area contributed by atoms with Crippen LogP contribution in [0.5, 0.6) is 0 Å². The number of hydrogen-bond donors (Lipinski definition) is 2. The van der Waals surface area contributed by atoms with Crippen LogP contribution in [0.15, 0.2) is 0 Å². The quantitative estimate of drug-likeness (QED) is 0.749. The number of carboxylic acid groups (broad SMARTS) is 1. The van der Waals surface area contributed by atoms with Crippen LogP contribution in [0.1, 0.15) is 20.3 Å². The van der Waals surface area contributed by atoms with Crippen LogP contribution in [0.25, 0.3) is 0 Å². The highest BCUT2D eigenvalue weighted by Gasteiger charge is 2.32. The summed E-state index contributed by atoms with van der Waals surface area (Å²) in [6.45, 7) is 5.28. The number of carboxylic acids is 1. The molecule has 0 aromatic heterocycles. The van der Waals surface area contributed by atoms with Gasteiger partial charge in [0.15, 0.2) is 0 Å². The Morgan fingerprint density at radius 3 is 2.88 bits per heavy atom. The summed E-state index contributed by atoms with van der Waals surface area (Å²) in [5, 5.41) is 12.2. The molecule has 0 spiro atoms. The van der Waals surface area contributed by atoms with Gasteiger partial charge in [-0.2, -0.15) is 11.8 Å². The monoisotopic (exact) mass is 260 g/mol. The number of thioether (sulfide) groups is 1. The van der Waals surface area contributed by atoms with Crippen LogP contribution in [0.2, 0.25) is 0 Å². The van der Waals surface area contributed by atoms with Crippen LogP contribution in [-0.2, 0) is 9.59 Å². The fraction of sp³-hybridized carbons (Fsp3) is 0.818. The highest BCUT2D eigenvalue weighted by Crippen LogP contribution is 2.18. The smallest absolute Gasteiger partial charge is 0.327 e. The molecule has 2 atom stereocenters. The predicted molar refractivity (Wildman–Crippen MR) is 68.2 cm³/mol. The van der Waals surface area contributed by atoms with E-state index in [1.54, 1.807) is 11.8 Å². The molecule has 0 radical (unpaired) electrons. The van der Waals surface area contributed by atoms with Crippen LogP contribution in [0.3, 0.4) is 0 Å². The number of nitrogens with zero attached hydrogens (tertiary/aromatic N) is 1. The zero-order valence-corrected chi connectivity index (χ0v) is 11.1. The van der Waals surface area contributed by atoms with E-state index >= 15 is 0 Å². The predicted octanol–water partition coefficient (Wildman–Crippen LogP) is 0.403. The van der Waals surface area contributed by atoms with Gasteiger partial charge in [-0.05, 0) is 13.5 Å². The maximum absolute atomic E-state index is 12.0. The van der Waals surface area contributed by atoms with Gasteiger partial charge in [0, 0.05) is 30.5 Å². The van der Waals surface area contributed by atoms with Crippen LogP contribution in [0.4, 0.5) is 0 Å². The molecule has 1 rings (SSSR count). The summed E-state index contributed by atoms with van der Waals surface area (Å²) in [6, 6.07) is -0.563. The van der Waals surface area contributed by atoms with Gasteiger partial charge in [0.25, 0.3) is 0 Å². The summed E-state index contributed by atoms with van der Waals surface area (Å²) in [7, 11) is 0. The minimum atomic E-state index is -0.901. The second kappa shape index (κ2) is 6.86. The number of carbonyl (C=O) groups is 2. The van der Waals surface area contributed by atoms with Crippen LogP contribution < -0.4 is 5.32 Å². The Morgan fingerprint density at radius 2 is 2.29 bits per heavy atom. The molecule has 2 N–H and O–H groups in total. The zero-order valence-electron chi connectivity index (χ0n) is 10.3. The fourth-order valence-electron chi connectivity index (χ4n) is 1.91. The van der Waals surface area contributed by atoms with Crippen molar-refractivity contribution in [1.29, 1.82) is 0 Å². The van der Waals surface area contributed by atoms with E-state index in [0.29, 0.717) is 18.7 Å². The van der Waals surface area contributed by atoms with E-state index in [2.05, 4.69) is 5.32 Å². The number of amides is 1. The Morgan fingerprint density at radius 1 is 1.59 bits per heavy atom. The van der Waals surface area contributed by atoms with E-state index in [0.717, 1.165) is 12.3 Å². The largest absolute Gasteiger partial charge is 0.480 e. The molecule has 1 amide bonds. The molecule has 0 aromatic rings. The first-order valence-electron chi connectivity index (χ1n) is 5.89. The molecule has 1 heterocycles. The summed E-state index contributed by atoms with van der Waals surface area (Å²) < 4.78 is 0. The Kier molecular flexibility index (Phi) is 5.77.